The van der Waals surface area contributed by atoms with E-state index in [1.807, 2.05) is 0 Å². The molecule has 0 aromatic heterocycles. The highest BCUT2D eigenvalue weighted by Crippen LogP contribution is 2.20. The standard InChI is InChI=1S/C15H30N2O/c16-17-15(18)14-12-10-8-6-4-2-1-3-5-7-9-11-13-14/h14H,1-13,16H2,(H,17,18). The van der Waals surface area contributed by atoms with E-state index in [0.717, 1.165) is 12.8 Å². The first-order chi connectivity index (χ1) is 8.84. The van der Waals surface area contributed by atoms with E-state index in [0.29, 0.717) is 0 Å². The number of amides is 1. The van der Waals surface area contributed by atoms with Gasteiger partial charge in [0.1, 0.15) is 0 Å². The molecular formula is C15H30N2O. The molecule has 1 amide bonds. The highest BCUT2D eigenvalue weighted by atomic mass is 16.2. The number of carbonyl (C=O) groups excluding carboxylic acids is 1. The molecule has 1 aliphatic carbocycles. The van der Waals surface area contributed by atoms with Crippen molar-refractivity contribution in [2.45, 2.75) is 83.5 Å². The van der Waals surface area contributed by atoms with Crippen molar-refractivity contribution in [2.75, 3.05) is 0 Å². The van der Waals surface area contributed by atoms with Crippen LogP contribution in [-0.4, -0.2) is 5.91 Å². The quantitative estimate of drug-likeness (QED) is 0.426. The van der Waals surface area contributed by atoms with Gasteiger partial charge in [-0.1, -0.05) is 70.6 Å². The molecule has 1 aliphatic rings. The van der Waals surface area contributed by atoms with Gasteiger partial charge in [-0.25, -0.2) is 5.84 Å². The van der Waals surface area contributed by atoms with Gasteiger partial charge in [0.2, 0.25) is 5.91 Å². The van der Waals surface area contributed by atoms with E-state index in [1.165, 1.54) is 70.6 Å². The zero-order chi connectivity index (χ0) is 13.1. The average molecular weight is 254 g/mol. The molecule has 0 spiro atoms. The van der Waals surface area contributed by atoms with Gasteiger partial charge < -0.3 is 0 Å². The largest absolute Gasteiger partial charge is 0.294 e. The SMILES string of the molecule is NNC(=O)C1CCCCCCCCCCCCC1. The van der Waals surface area contributed by atoms with Crippen molar-refractivity contribution in [3.05, 3.63) is 0 Å². The summed E-state index contributed by atoms with van der Waals surface area (Å²) in [6, 6.07) is 0. The summed E-state index contributed by atoms with van der Waals surface area (Å²) in [5, 5.41) is 0. The van der Waals surface area contributed by atoms with Crippen molar-refractivity contribution in [2.24, 2.45) is 11.8 Å². The summed E-state index contributed by atoms with van der Waals surface area (Å²) in [7, 11) is 0. The smallest absolute Gasteiger partial charge is 0.236 e. The summed E-state index contributed by atoms with van der Waals surface area (Å²) >= 11 is 0. The van der Waals surface area contributed by atoms with Crippen LogP contribution < -0.4 is 11.3 Å². The maximum Gasteiger partial charge on any atom is 0.236 e. The molecule has 0 saturated heterocycles. The van der Waals surface area contributed by atoms with Crippen LogP contribution in [-0.2, 0) is 4.79 Å². The molecule has 1 fully saturated rings. The van der Waals surface area contributed by atoms with Gasteiger partial charge in [-0.05, 0) is 12.8 Å². The fourth-order valence-corrected chi connectivity index (χ4v) is 2.90. The van der Waals surface area contributed by atoms with Gasteiger partial charge in [0, 0.05) is 5.92 Å². The number of rotatable bonds is 1. The molecular weight excluding hydrogens is 224 g/mol. The predicted octanol–water partition coefficient (Wildman–Crippen LogP) is 3.68. The van der Waals surface area contributed by atoms with Gasteiger partial charge in [0.25, 0.3) is 0 Å². The Labute approximate surface area is 112 Å². The van der Waals surface area contributed by atoms with Gasteiger partial charge >= 0.3 is 0 Å². The fraction of sp³-hybridized carbons (Fsp3) is 0.933. The van der Waals surface area contributed by atoms with Gasteiger partial charge in [-0.2, -0.15) is 0 Å². The summed E-state index contributed by atoms with van der Waals surface area (Å²) in [4.78, 5) is 11.7. The summed E-state index contributed by atoms with van der Waals surface area (Å²) in [6.07, 6.45) is 16.5. The predicted molar refractivity (Wildman–Crippen MR) is 75.8 cm³/mol. The Kier molecular flexibility index (Phi) is 8.92. The van der Waals surface area contributed by atoms with E-state index in [1.54, 1.807) is 0 Å². The normalized spacial score (nSPS) is 22.1. The van der Waals surface area contributed by atoms with Crippen molar-refractivity contribution >= 4 is 5.91 Å². The topological polar surface area (TPSA) is 55.1 Å². The molecule has 0 heterocycles. The van der Waals surface area contributed by atoms with Crippen LogP contribution in [0.2, 0.25) is 0 Å². The Hall–Kier alpha value is -0.570. The Morgan fingerprint density at radius 3 is 1.39 bits per heavy atom. The highest BCUT2D eigenvalue weighted by molar-refractivity contribution is 5.77. The fourth-order valence-electron chi connectivity index (χ4n) is 2.90. The lowest BCUT2D eigenvalue weighted by Crippen LogP contribution is -2.35. The number of hydrogen-bond acceptors (Lipinski definition) is 2. The second-order valence-electron chi connectivity index (χ2n) is 5.67. The van der Waals surface area contributed by atoms with Gasteiger partial charge in [-0.15, -0.1) is 0 Å². The summed E-state index contributed by atoms with van der Waals surface area (Å²) in [5.41, 5.74) is 2.33. The molecule has 0 bridgehead atoms. The van der Waals surface area contributed by atoms with Gasteiger partial charge in [0.15, 0.2) is 0 Å². The monoisotopic (exact) mass is 254 g/mol. The zero-order valence-corrected chi connectivity index (χ0v) is 11.8. The van der Waals surface area contributed by atoms with Crippen LogP contribution in [0.15, 0.2) is 0 Å². The van der Waals surface area contributed by atoms with Crippen LogP contribution in [0.25, 0.3) is 0 Å². The Bertz CT molecular complexity index is 205. The van der Waals surface area contributed by atoms with E-state index in [-0.39, 0.29) is 11.8 Å². The second-order valence-corrected chi connectivity index (χ2v) is 5.67. The van der Waals surface area contributed by atoms with Gasteiger partial charge in [-0.3, -0.25) is 10.2 Å². The van der Waals surface area contributed by atoms with Crippen molar-refractivity contribution in [1.29, 1.82) is 0 Å². The molecule has 1 rings (SSSR count). The highest BCUT2D eigenvalue weighted by Gasteiger charge is 2.16. The van der Waals surface area contributed by atoms with E-state index < -0.39 is 0 Å². The molecule has 3 nitrogen and oxygen atoms in total. The molecule has 0 radical (unpaired) electrons. The number of hydrogen-bond donors (Lipinski definition) is 2. The molecule has 0 atom stereocenters. The van der Waals surface area contributed by atoms with E-state index >= 15 is 0 Å². The summed E-state index contributed by atoms with van der Waals surface area (Å²) < 4.78 is 0. The molecule has 106 valence electrons. The Morgan fingerprint density at radius 1 is 0.722 bits per heavy atom. The number of hydrazine groups is 1. The Morgan fingerprint density at radius 2 is 1.06 bits per heavy atom. The van der Waals surface area contributed by atoms with E-state index in [9.17, 15) is 4.79 Å². The van der Waals surface area contributed by atoms with E-state index in [4.69, 9.17) is 5.84 Å². The minimum atomic E-state index is 0.0436. The lowest BCUT2D eigenvalue weighted by molar-refractivity contribution is -0.125. The van der Waals surface area contributed by atoms with Crippen LogP contribution in [0, 0.1) is 5.92 Å². The summed E-state index contributed by atoms with van der Waals surface area (Å²) in [6.45, 7) is 0. The minimum absolute atomic E-state index is 0.0436. The zero-order valence-electron chi connectivity index (χ0n) is 11.8. The van der Waals surface area contributed by atoms with Crippen molar-refractivity contribution in [3.8, 4) is 0 Å². The molecule has 1 saturated carbocycles. The number of carbonyl (C=O) groups is 1. The average Bonchev–Trinajstić information content (AvgIpc) is 2.40. The number of nitrogens with two attached hydrogens (primary N) is 1. The first kappa shape index (κ1) is 15.5. The number of nitrogens with one attached hydrogen (secondary N) is 1. The molecule has 18 heavy (non-hydrogen) atoms. The van der Waals surface area contributed by atoms with Crippen molar-refractivity contribution in [1.82, 2.24) is 5.43 Å². The molecule has 0 aromatic rings. The first-order valence-electron chi connectivity index (χ1n) is 7.85. The van der Waals surface area contributed by atoms with Crippen LogP contribution >= 0.6 is 0 Å². The van der Waals surface area contributed by atoms with Crippen molar-refractivity contribution in [3.63, 3.8) is 0 Å². The van der Waals surface area contributed by atoms with Crippen LogP contribution in [0.5, 0.6) is 0 Å². The minimum Gasteiger partial charge on any atom is -0.294 e. The Balaban J connectivity index is 2.31. The third kappa shape index (κ3) is 7.00. The van der Waals surface area contributed by atoms with E-state index in [2.05, 4.69) is 5.43 Å². The summed E-state index contributed by atoms with van der Waals surface area (Å²) in [5.74, 6) is 5.46. The molecule has 0 aromatic carbocycles. The van der Waals surface area contributed by atoms with Crippen LogP contribution in [0.1, 0.15) is 83.5 Å². The lowest BCUT2D eigenvalue weighted by Gasteiger charge is -2.15. The van der Waals surface area contributed by atoms with Gasteiger partial charge in [0.05, 0.1) is 0 Å². The van der Waals surface area contributed by atoms with Crippen LogP contribution in [0.3, 0.4) is 0 Å². The molecule has 3 heteroatoms. The first-order valence-corrected chi connectivity index (χ1v) is 7.85. The lowest BCUT2D eigenvalue weighted by atomic mass is 9.93. The van der Waals surface area contributed by atoms with Crippen LogP contribution in [0.4, 0.5) is 0 Å². The maximum atomic E-state index is 11.7. The maximum absolute atomic E-state index is 11.7. The van der Waals surface area contributed by atoms with Crippen molar-refractivity contribution < 1.29 is 4.79 Å². The molecule has 3 N–H and O–H groups in total. The molecule has 0 aliphatic heterocycles. The molecule has 0 unspecified atom stereocenters. The third-order valence-corrected chi connectivity index (χ3v) is 4.12. The second kappa shape index (κ2) is 10.4. The third-order valence-electron chi connectivity index (χ3n) is 4.12.